The number of carbonyl (C=O) groups excluding carboxylic acids is 2. The molecule has 1 aliphatic carbocycles. The fraction of sp³-hybridized carbons (Fsp3) is 0.524. The van der Waals surface area contributed by atoms with E-state index in [0.29, 0.717) is 24.6 Å². The molecule has 2 heterocycles. The largest absolute Gasteiger partial charge is 0.350 e. The molecule has 1 saturated heterocycles. The highest BCUT2D eigenvalue weighted by Gasteiger charge is 2.34. The number of hydrogen-bond donors (Lipinski definition) is 1. The van der Waals surface area contributed by atoms with Gasteiger partial charge in [-0.3, -0.25) is 9.59 Å². The van der Waals surface area contributed by atoms with Crippen molar-refractivity contribution in [3.8, 4) is 5.69 Å². The van der Waals surface area contributed by atoms with Gasteiger partial charge in [0, 0.05) is 36.4 Å². The topological polar surface area (TPSA) is 80.1 Å². The number of rotatable bonds is 6. The zero-order valence-electron chi connectivity index (χ0n) is 16.4. The van der Waals surface area contributed by atoms with Crippen LogP contribution in [-0.2, 0) is 4.79 Å². The van der Waals surface area contributed by atoms with Gasteiger partial charge in [0.1, 0.15) is 0 Å². The Balaban J connectivity index is 1.40. The lowest BCUT2D eigenvalue weighted by Gasteiger charge is -2.20. The number of benzene rings is 1. The highest BCUT2D eigenvalue weighted by molar-refractivity contribution is 9.10. The number of halogens is 1. The zero-order chi connectivity index (χ0) is 20.2. The minimum Gasteiger partial charge on any atom is -0.350 e. The molecule has 2 fully saturated rings. The number of carbonyl (C=O) groups is 2. The average molecular weight is 460 g/mol. The highest BCUT2D eigenvalue weighted by Crippen LogP contribution is 2.42. The Morgan fingerprint density at radius 1 is 1.07 bits per heavy atom. The molecule has 8 heteroatoms. The van der Waals surface area contributed by atoms with Crippen molar-refractivity contribution in [2.75, 3.05) is 19.6 Å². The predicted octanol–water partition coefficient (Wildman–Crippen LogP) is 3.43. The third-order valence-electron chi connectivity index (χ3n) is 5.54. The van der Waals surface area contributed by atoms with Gasteiger partial charge in [-0.15, -0.1) is 5.10 Å². The smallest absolute Gasteiger partial charge is 0.273 e. The minimum absolute atomic E-state index is 0.119. The number of hydrogen-bond acceptors (Lipinski definition) is 4. The van der Waals surface area contributed by atoms with Gasteiger partial charge in [0.25, 0.3) is 5.91 Å². The first-order valence-corrected chi connectivity index (χ1v) is 11.2. The van der Waals surface area contributed by atoms with Crippen LogP contribution < -0.4 is 5.32 Å². The molecule has 2 aliphatic rings. The van der Waals surface area contributed by atoms with Crippen molar-refractivity contribution in [1.29, 1.82) is 0 Å². The molecule has 0 radical (unpaired) electrons. The number of nitrogens with zero attached hydrogens (tertiary/aromatic N) is 4. The quantitative estimate of drug-likeness (QED) is 0.717. The van der Waals surface area contributed by atoms with Crippen LogP contribution in [0.25, 0.3) is 5.69 Å². The van der Waals surface area contributed by atoms with Crippen LogP contribution in [0, 0.1) is 0 Å². The van der Waals surface area contributed by atoms with E-state index >= 15 is 0 Å². The van der Waals surface area contributed by atoms with Crippen LogP contribution in [0.3, 0.4) is 0 Å². The second kappa shape index (κ2) is 9.07. The van der Waals surface area contributed by atoms with E-state index < -0.39 is 0 Å². The molecule has 2 aromatic rings. The van der Waals surface area contributed by atoms with Crippen molar-refractivity contribution < 1.29 is 9.59 Å². The van der Waals surface area contributed by atoms with Crippen molar-refractivity contribution in [3.63, 3.8) is 0 Å². The highest BCUT2D eigenvalue weighted by atomic mass is 79.9. The lowest BCUT2D eigenvalue weighted by Crippen LogP contribution is -2.35. The van der Waals surface area contributed by atoms with Crippen molar-refractivity contribution in [3.05, 3.63) is 40.1 Å². The van der Waals surface area contributed by atoms with Crippen molar-refractivity contribution in [1.82, 2.24) is 25.2 Å². The molecule has 0 atom stereocenters. The lowest BCUT2D eigenvalue weighted by atomic mass is 10.2. The first-order valence-electron chi connectivity index (χ1n) is 10.4. The summed E-state index contributed by atoms with van der Waals surface area (Å²) in [5.41, 5.74) is 2.12. The molecular formula is C21H26BrN5O2. The van der Waals surface area contributed by atoms with Crippen LogP contribution in [0.2, 0.25) is 0 Å². The van der Waals surface area contributed by atoms with Gasteiger partial charge in [0.05, 0.1) is 11.4 Å². The Morgan fingerprint density at radius 2 is 1.76 bits per heavy atom. The third kappa shape index (κ3) is 4.86. The summed E-state index contributed by atoms with van der Waals surface area (Å²) in [6.45, 7) is 1.99. The Bertz CT molecular complexity index is 868. The Labute approximate surface area is 179 Å². The van der Waals surface area contributed by atoms with Gasteiger partial charge in [0.15, 0.2) is 5.69 Å². The average Bonchev–Trinajstić information content (AvgIpc) is 3.52. The van der Waals surface area contributed by atoms with E-state index in [1.54, 1.807) is 4.68 Å². The summed E-state index contributed by atoms with van der Waals surface area (Å²) in [6.07, 6.45) is 6.93. The maximum absolute atomic E-state index is 12.7. The summed E-state index contributed by atoms with van der Waals surface area (Å²) in [7, 11) is 0. The molecule has 2 amide bonds. The summed E-state index contributed by atoms with van der Waals surface area (Å²) < 4.78 is 2.75. The summed E-state index contributed by atoms with van der Waals surface area (Å²) in [5, 5.41) is 11.3. The van der Waals surface area contributed by atoms with Gasteiger partial charge in [-0.25, -0.2) is 4.68 Å². The second-order valence-electron chi connectivity index (χ2n) is 7.79. The fourth-order valence-electron chi connectivity index (χ4n) is 3.79. The molecule has 0 unspecified atom stereocenters. The molecule has 29 heavy (non-hydrogen) atoms. The molecule has 1 aliphatic heterocycles. The monoisotopic (exact) mass is 459 g/mol. The molecule has 0 bridgehead atoms. The second-order valence-corrected chi connectivity index (χ2v) is 8.70. The zero-order valence-corrected chi connectivity index (χ0v) is 18.0. The van der Waals surface area contributed by atoms with Crippen LogP contribution in [0.5, 0.6) is 0 Å². The molecular weight excluding hydrogens is 434 g/mol. The van der Waals surface area contributed by atoms with E-state index in [4.69, 9.17) is 0 Å². The van der Waals surface area contributed by atoms with Gasteiger partial charge in [-0.05, 0) is 49.9 Å². The minimum atomic E-state index is -0.251. The number of aromatic nitrogens is 3. The fourth-order valence-corrected chi connectivity index (χ4v) is 4.06. The van der Waals surface area contributed by atoms with Crippen LogP contribution in [0.15, 0.2) is 28.7 Å². The van der Waals surface area contributed by atoms with Gasteiger partial charge in [-0.1, -0.05) is 34.0 Å². The Morgan fingerprint density at radius 3 is 2.41 bits per heavy atom. The van der Waals surface area contributed by atoms with Crippen LogP contribution in [-0.4, -0.2) is 51.3 Å². The summed E-state index contributed by atoms with van der Waals surface area (Å²) in [5.74, 6) is 0.181. The molecule has 0 spiro atoms. The molecule has 4 rings (SSSR count). The van der Waals surface area contributed by atoms with E-state index in [9.17, 15) is 9.59 Å². The third-order valence-corrected chi connectivity index (χ3v) is 6.07. The van der Waals surface area contributed by atoms with Crippen molar-refractivity contribution in [2.45, 2.75) is 50.9 Å². The first kappa shape index (κ1) is 20.1. The van der Waals surface area contributed by atoms with Crippen molar-refractivity contribution >= 4 is 27.7 Å². The summed E-state index contributed by atoms with van der Waals surface area (Å²) >= 11 is 3.44. The standard InChI is InChI=1S/C21H26BrN5O2/c22-16-7-9-17(10-8-16)27-20(15-5-6-15)19(24-25-27)21(29)23-12-11-18(28)26-13-3-1-2-4-14-26/h7-10,15H,1-6,11-14H2,(H,23,29). The summed E-state index contributed by atoms with van der Waals surface area (Å²) in [6, 6.07) is 7.79. The van der Waals surface area contributed by atoms with E-state index in [0.717, 1.165) is 54.6 Å². The number of likely N-dealkylation sites (tertiary alicyclic amines) is 1. The lowest BCUT2D eigenvalue weighted by molar-refractivity contribution is -0.131. The van der Waals surface area contributed by atoms with E-state index in [-0.39, 0.29) is 11.8 Å². The Kier molecular flexibility index (Phi) is 6.28. The van der Waals surface area contributed by atoms with Gasteiger partial charge in [-0.2, -0.15) is 0 Å². The van der Waals surface area contributed by atoms with E-state index in [1.807, 2.05) is 29.2 Å². The van der Waals surface area contributed by atoms with Crippen LogP contribution in [0.1, 0.15) is 67.0 Å². The van der Waals surface area contributed by atoms with Crippen LogP contribution >= 0.6 is 15.9 Å². The molecule has 1 N–H and O–H groups in total. The summed E-state index contributed by atoms with van der Waals surface area (Å²) in [4.78, 5) is 27.1. The maximum atomic E-state index is 12.7. The molecule has 1 aromatic heterocycles. The molecule has 1 aromatic carbocycles. The van der Waals surface area contributed by atoms with Gasteiger partial charge in [0.2, 0.25) is 5.91 Å². The SMILES string of the molecule is O=C(NCCC(=O)N1CCCCCC1)c1nnn(-c2ccc(Br)cc2)c1C1CC1. The molecule has 7 nitrogen and oxygen atoms in total. The van der Waals surface area contributed by atoms with Crippen LogP contribution in [0.4, 0.5) is 0 Å². The van der Waals surface area contributed by atoms with E-state index in [1.165, 1.54) is 12.8 Å². The first-order chi connectivity index (χ1) is 14.1. The normalized spacial score (nSPS) is 17.1. The number of amides is 2. The van der Waals surface area contributed by atoms with Crippen molar-refractivity contribution in [2.24, 2.45) is 0 Å². The van der Waals surface area contributed by atoms with Gasteiger partial charge >= 0.3 is 0 Å². The molecule has 1 saturated carbocycles. The maximum Gasteiger partial charge on any atom is 0.273 e. The number of nitrogens with one attached hydrogen (secondary N) is 1. The Hall–Kier alpha value is -2.22. The van der Waals surface area contributed by atoms with Gasteiger partial charge < -0.3 is 10.2 Å². The predicted molar refractivity (Wildman–Crippen MR) is 113 cm³/mol. The van der Waals surface area contributed by atoms with E-state index in [2.05, 4.69) is 31.6 Å². The molecule has 154 valence electrons.